The number of nitrogens with zero attached hydrogens (tertiary/aromatic N) is 2. The summed E-state index contributed by atoms with van der Waals surface area (Å²) in [5.41, 5.74) is 2.49. The van der Waals surface area contributed by atoms with Crippen molar-refractivity contribution in [2.24, 2.45) is 7.05 Å². The van der Waals surface area contributed by atoms with Crippen LogP contribution >= 0.6 is 0 Å². The molecule has 1 N–H and O–H groups in total. The molecule has 1 aliphatic rings. The van der Waals surface area contributed by atoms with E-state index in [1.54, 1.807) is 0 Å². The summed E-state index contributed by atoms with van der Waals surface area (Å²) in [6.07, 6.45) is 6.20. The summed E-state index contributed by atoms with van der Waals surface area (Å²) in [4.78, 5) is 0. The van der Waals surface area contributed by atoms with Crippen LogP contribution in [0.4, 0.5) is 0 Å². The summed E-state index contributed by atoms with van der Waals surface area (Å²) >= 11 is 0. The zero-order valence-electron chi connectivity index (χ0n) is 12.0. The number of para-hydroxylation sites is 1. The number of rotatable bonds is 5. The Morgan fingerprint density at radius 2 is 2.30 bits per heavy atom. The van der Waals surface area contributed by atoms with E-state index in [1.165, 1.54) is 11.1 Å². The molecule has 0 saturated heterocycles. The standard InChI is InChI=1S/C16H21N3O/c1-3-8-17-16(13-10-18-19(2)11-13)15-9-12-6-4-5-7-14(12)20-15/h4-7,10-11,15-17H,3,8-9H2,1-2H3. The van der Waals surface area contributed by atoms with Gasteiger partial charge in [-0.1, -0.05) is 25.1 Å². The first-order valence-corrected chi connectivity index (χ1v) is 7.24. The lowest BCUT2D eigenvalue weighted by Gasteiger charge is -2.23. The van der Waals surface area contributed by atoms with Gasteiger partial charge in [0.25, 0.3) is 0 Å². The summed E-state index contributed by atoms with van der Waals surface area (Å²) in [5.74, 6) is 1.02. The van der Waals surface area contributed by atoms with E-state index in [4.69, 9.17) is 4.74 Å². The van der Waals surface area contributed by atoms with Gasteiger partial charge in [0.1, 0.15) is 11.9 Å². The molecule has 1 aliphatic heterocycles. The smallest absolute Gasteiger partial charge is 0.123 e. The van der Waals surface area contributed by atoms with Crippen molar-refractivity contribution in [3.05, 3.63) is 47.8 Å². The summed E-state index contributed by atoms with van der Waals surface area (Å²) in [7, 11) is 1.95. The van der Waals surface area contributed by atoms with Crippen LogP contribution in [0.2, 0.25) is 0 Å². The van der Waals surface area contributed by atoms with Crippen LogP contribution in [0, 0.1) is 0 Å². The minimum absolute atomic E-state index is 0.142. The monoisotopic (exact) mass is 271 g/mol. The van der Waals surface area contributed by atoms with Crippen molar-refractivity contribution in [3.8, 4) is 5.75 Å². The molecule has 4 nitrogen and oxygen atoms in total. The molecule has 0 spiro atoms. The van der Waals surface area contributed by atoms with Gasteiger partial charge in [-0.15, -0.1) is 0 Å². The Bertz CT molecular complexity index is 554. The third kappa shape index (κ3) is 2.56. The van der Waals surface area contributed by atoms with Crippen LogP contribution in [-0.4, -0.2) is 22.4 Å². The van der Waals surface area contributed by atoms with E-state index >= 15 is 0 Å². The fraction of sp³-hybridized carbons (Fsp3) is 0.438. The zero-order valence-corrected chi connectivity index (χ0v) is 12.0. The van der Waals surface area contributed by atoms with Gasteiger partial charge in [0.15, 0.2) is 0 Å². The Balaban J connectivity index is 1.81. The second-order valence-corrected chi connectivity index (χ2v) is 5.35. The first-order chi connectivity index (χ1) is 9.78. The summed E-state index contributed by atoms with van der Waals surface area (Å²) in [6.45, 7) is 3.16. The number of aromatic nitrogens is 2. The largest absolute Gasteiger partial charge is 0.488 e. The van der Waals surface area contributed by atoms with Crippen molar-refractivity contribution in [2.45, 2.75) is 31.9 Å². The van der Waals surface area contributed by atoms with Crippen LogP contribution < -0.4 is 10.1 Å². The van der Waals surface area contributed by atoms with Gasteiger partial charge in [-0.05, 0) is 24.6 Å². The number of ether oxygens (including phenoxy) is 1. The van der Waals surface area contributed by atoms with Gasteiger partial charge < -0.3 is 10.1 Å². The second-order valence-electron chi connectivity index (χ2n) is 5.35. The van der Waals surface area contributed by atoms with Crippen LogP contribution in [0.15, 0.2) is 36.7 Å². The predicted octanol–water partition coefficient (Wildman–Crippen LogP) is 2.46. The third-order valence-corrected chi connectivity index (χ3v) is 3.74. The van der Waals surface area contributed by atoms with Gasteiger partial charge in [-0.25, -0.2) is 0 Å². The zero-order chi connectivity index (χ0) is 13.9. The molecule has 0 radical (unpaired) electrons. The van der Waals surface area contributed by atoms with Crippen molar-refractivity contribution in [1.82, 2.24) is 15.1 Å². The van der Waals surface area contributed by atoms with Crippen molar-refractivity contribution >= 4 is 0 Å². The molecule has 0 aliphatic carbocycles. The predicted molar refractivity (Wildman–Crippen MR) is 78.8 cm³/mol. The molecule has 2 heterocycles. The molecule has 2 atom stereocenters. The van der Waals surface area contributed by atoms with E-state index in [0.29, 0.717) is 0 Å². The van der Waals surface area contributed by atoms with E-state index in [0.717, 1.165) is 25.1 Å². The first kappa shape index (κ1) is 13.2. The molecule has 20 heavy (non-hydrogen) atoms. The first-order valence-electron chi connectivity index (χ1n) is 7.24. The topological polar surface area (TPSA) is 39.1 Å². The SMILES string of the molecule is CCCNC(c1cnn(C)c1)C1Cc2ccccc2O1. The van der Waals surface area contributed by atoms with Crippen molar-refractivity contribution < 1.29 is 4.74 Å². The third-order valence-electron chi connectivity index (χ3n) is 3.74. The molecule has 0 amide bonds. The lowest BCUT2D eigenvalue weighted by atomic mass is 10.00. The van der Waals surface area contributed by atoms with E-state index < -0.39 is 0 Å². The molecular weight excluding hydrogens is 250 g/mol. The maximum Gasteiger partial charge on any atom is 0.123 e. The molecule has 4 heteroatoms. The summed E-state index contributed by atoms with van der Waals surface area (Å²) < 4.78 is 7.98. The minimum atomic E-state index is 0.142. The lowest BCUT2D eigenvalue weighted by molar-refractivity contribution is 0.178. The molecule has 1 aromatic carbocycles. The fourth-order valence-electron chi connectivity index (χ4n) is 2.76. The molecule has 106 valence electrons. The van der Waals surface area contributed by atoms with Crippen LogP contribution in [0.25, 0.3) is 0 Å². The lowest BCUT2D eigenvalue weighted by Crippen LogP contribution is -2.35. The summed E-state index contributed by atoms with van der Waals surface area (Å²) in [5, 5.41) is 7.88. The Labute approximate surface area is 119 Å². The van der Waals surface area contributed by atoms with Gasteiger partial charge in [0.05, 0.1) is 12.2 Å². The van der Waals surface area contributed by atoms with E-state index in [2.05, 4.69) is 41.7 Å². The molecule has 0 bridgehead atoms. The van der Waals surface area contributed by atoms with Crippen LogP contribution in [0.5, 0.6) is 5.75 Å². The molecule has 2 aromatic rings. The molecule has 0 fully saturated rings. The van der Waals surface area contributed by atoms with Crippen molar-refractivity contribution in [2.75, 3.05) is 6.54 Å². The van der Waals surface area contributed by atoms with E-state index in [1.807, 2.05) is 24.0 Å². The van der Waals surface area contributed by atoms with Crippen molar-refractivity contribution in [3.63, 3.8) is 0 Å². The highest BCUT2D eigenvalue weighted by Gasteiger charge is 2.31. The van der Waals surface area contributed by atoms with Gasteiger partial charge in [-0.2, -0.15) is 5.10 Å². The van der Waals surface area contributed by atoms with Crippen LogP contribution in [0.1, 0.15) is 30.5 Å². The van der Waals surface area contributed by atoms with Gasteiger partial charge >= 0.3 is 0 Å². The normalized spacial score (nSPS) is 18.6. The Morgan fingerprint density at radius 1 is 1.45 bits per heavy atom. The molecule has 1 aromatic heterocycles. The number of hydrogen-bond acceptors (Lipinski definition) is 3. The number of aryl methyl sites for hydroxylation is 1. The summed E-state index contributed by atoms with van der Waals surface area (Å²) in [6, 6.07) is 8.49. The van der Waals surface area contributed by atoms with Gasteiger partial charge in [-0.3, -0.25) is 4.68 Å². The van der Waals surface area contributed by atoms with Crippen LogP contribution in [-0.2, 0) is 13.5 Å². The van der Waals surface area contributed by atoms with Crippen molar-refractivity contribution in [1.29, 1.82) is 0 Å². The maximum absolute atomic E-state index is 6.13. The number of fused-ring (bicyclic) bond motifs is 1. The fourth-order valence-corrected chi connectivity index (χ4v) is 2.76. The van der Waals surface area contributed by atoms with Crippen LogP contribution in [0.3, 0.4) is 0 Å². The highest BCUT2D eigenvalue weighted by atomic mass is 16.5. The molecule has 2 unspecified atom stereocenters. The second kappa shape index (κ2) is 5.67. The molecule has 3 rings (SSSR count). The number of hydrogen-bond donors (Lipinski definition) is 1. The highest BCUT2D eigenvalue weighted by molar-refractivity contribution is 5.38. The van der Waals surface area contributed by atoms with Gasteiger partial charge in [0.2, 0.25) is 0 Å². The average Bonchev–Trinajstić information content (AvgIpc) is 3.05. The maximum atomic E-state index is 6.13. The van der Waals surface area contributed by atoms with E-state index in [9.17, 15) is 0 Å². The molecular formula is C16H21N3O. The van der Waals surface area contributed by atoms with Gasteiger partial charge in [0, 0.05) is 25.2 Å². The quantitative estimate of drug-likeness (QED) is 0.908. The minimum Gasteiger partial charge on any atom is -0.488 e. The Hall–Kier alpha value is -1.81. The van der Waals surface area contributed by atoms with E-state index in [-0.39, 0.29) is 12.1 Å². The average molecular weight is 271 g/mol. The Morgan fingerprint density at radius 3 is 3.00 bits per heavy atom. The number of benzene rings is 1. The Kier molecular flexibility index (Phi) is 3.74. The molecule has 0 saturated carbocycles. The number of nitrogens with one attached hydrogen (secondary N) is 1. The highest BCUT2D eigenvalue weighted by Crippen LogP contribution is 2.33.